The average Bonchev–Trinajstić information content (AvgIpc) is 2.49. The van der Waals surface area contributed by atoms with Crippen molar-refractivity contribution in [1.82, 2.24) is 5.32 Å². The minimum Gasteiger partial charge on any atom is -0.492 e. The smallest absolute Gasteiger partial charge is 0.226 e. The zero-order valence-electron chi connectivity index (χ0n) is 13.7. The molecule has 2 atom stereocenters. The van der Waals surface area contributed by atoms with Crippen LogP contribution in [0.15, 0.2) is 24.3 Å². The molecule has 5 rings (SSSR count). The van der Waals surface area contributed by atoms with E-state index in [0.29, 0.717) is 30.7 Å². The van der Waals surface area contributed by atoms with Gasteiger partial charge in [0.25, 0.3) is 0 Å². The van der Waals surface area contributed by atoms with Crippen molar-refractivity contribution in [2.45, 2.75) is 42.8 Å². The van der Waals surface area contributed by atoms with Crippen molar-refractivity contribution in [2.75, 3.05) is 13.2 Å². The van der Waals surface area contributed by atoms with Crippen LogP contribution in [0.25, 0.3) is 0 Å². The van der Waals surface area contributed by atoms with Crippen LogP contribution in [0.4, 0.5) is 4.39 Å². The van der Waals surface area contributed by atoms with Gasteiger partial charge in [0.1, 0.15) is 18.2 Å². The minimum absolute atomic E-state index is 0.184. The lowest BCUT2D eigenvalue weighted by molar-refractivity contribution is -0.144. The maximum atomic E-state index is 13.1. The Hall–Kier alpha value is -1.10. The number of amides is 1. The fourth-order valence-electron chi connectivity index (χ4n) is 5.49. The summed E-state index contributed by atoms with van der Waals surface area (Å²) in [4.78, 5) is 12.9. The molecule has 3 nitrogen and oxygen atoms in total. The average molecular weight is 396 g/mol. The fourth-order valence-corrected chi connectivity index (χ4v) is 6.95. The first-order chi connectivity index (χ1) is 11.5. The first kappa shape index (κ1) is 16.4. The predicted molar refractivity (Wildman–Crippen MR) is 93.7 cm³/mol. The van der Waals surface area contributed by atoms with Gasteiger partial charge in [-0.05, 0) is 62.5 Å². The normalized spacial score (nSPS) is 36.6. The van der Waals surface area contributed by atoms with E-state index in [0.717, 1.165) is 19.3 Å². The van der Waals surface area contributed by atoms with Crippen LogP contribution in [-0.4, -0.2) is 23.4 Å². The lowest BCUT2D eigenvalue weighted by atomic mass is 9.49. The van der Waals surface area contributed by atoms with Crippen LogP contribution in [0, 0.1) is 23.1 Å². The van der Waals surface area contributed by atoms with Gasteiger partial charge in [-0.3, -0.25) is 4.79 Å². The summed E-state index contributed by atoms with van der Waals surface area (Å²) in [6.45, 7) is 0.819. The van der Waals surface area contributed by atoms with E-state index in [1.54, 1.807) is 12.1 Å². The third-order valence-corrected chi connectivity index (χ3v) is 6.85. The largest absolute Gasteiger partial charge is 0.492 e. The maximum absolute atomic E-state index is 13.1. The van der Waals surface area contributed by atoms with Crippen LogP contribution in [0.2, 0.25) is 0 Å². The van der Waals surface area contributed by atoms with Gasteiger partial charge in [0, 0.05) is 10.4 Å². The molecule has 1 amide bonds. The van der Waals surface area contributed by atoms with Crippen molar-refractivity contribution in [3.8, 4) is 5.75 Å². The number of hydrogen-bond donors (Lipinski definition) is 1. The van der Waals surface area contributed by atoms with Crippen LogP contribution in [0.3, 0.4) is 0 Å². The lowest BCUT2D eigenvalue weighted by Gasteiger charge is -2.59. The number of hydrogen-bond acceptors (Lipinski definition) is 2. The van der Waals surface area contributed by atoms with E-state index < -0.39 is 0 Å². The van der Waals surface area contributed by atoms with Gasteiger partial charge in [0.05, 0.1) is 12.0 Å². The molecule has 4 aliphatic carbocycles. The van der Waals surface area contributed by atoms with Gasteiger partial charge in [-0.1, -0.05) is 22.0 Å². The molecule has 0 radical (unpaired) electrons. The number of nitrogens with one attached hydrogen (secondary N) is 1. The summed E-state index contributed by atoms with van der Waals surface area (Å²) in [7, 11) is 0. The summed E-state index contributed by atoms with van der Waals surface area (Å²) < 4.78 is 18.8. The topological polar surface area (TPSA) is 38.3 Å². The quantitative estimate of drug-likeness (QED) is 0.602. The second-order valence-corrected chi connectivity index (χ2v) is 9.64. The SMILES string of the molecule is O=C(NCCOc1cccc(F)c1)C12CC3CC(CC(Br)(C3)C1)C2. The molecule has 0 heterocycles. The van der Waals surface area contributed by atoms with Crippen LogP contribution < -0.4 is 10.1 Å². The lowest BCUT2D eigenvalue weighted by Crippen LogP contribution is -2.58. The van der Waals surface area contributed by atoms with Gasteiger partial charge < -0.3 is 10.1 Å². The van der Waals surface area contributed by atoms with Gasteiger partial charge in [-0.15, -0.1) is 0 Å². The monoisotopic (exact) mass is 395 g/mol. The van der Waals surface area contributed by atoms with Gasteiger partial charge in [-0.2, -0.15) is 0 Å². The Kier molecular flexibility index (Phi) is 4.10. The van der Waals surface area contributed by atoms with Crippen LogP contribution in [-0.2, 0) is 4.79 Å². The van der Waals surface area contributed by atoms with Gasteiger partial charge in [0.2, 0.25) is 5.91 Å². The highest BCUT2D eigenvalue weighted by molar-refractivity contribution is 9.10. The molecule has 4 aliphatic rings. The Bertz CT molecular complexity index is 636. The van der Waals surface area contributed by atoms with Crippen molar-refractivity contribution < 1.29 is 13.9 Å². The molecule has 1 aromatic rings. The first-order valence-corrected chi connectivity index (χ1v) is 9.61. The fraction of sp³-hybridized carbons (Fsp3) is 0.632. The summed E-state index contributed by atoms with van der Waals surface area (Å²) in [6.07, 6.45) is 6.78. The number of alkyl halides is 1. The molecular weight excluding hydrogens is 373 g/mol. The summed E-state index contributed by atoms with van der Waals surface area (Å²) in [6, 6.07) is 6.08. The molecule has 1 N–H and O–H groups in total. The van der Waals surface area contributed by atoms with E-state index in [1.165, 1.54) is 31.4 Å². The molecule has 4 saturated carbocycles. The van der Waals surface area contributed by atoms with E-state index in [1.807, 2.05) is 0 Å². The molecule has 4 fully saturated rings. The highest BCUT2D eigenvalue weighted by Gasteiger charge is 2.59. The highest BCUT2D eigenvalue weighted by atomic mass is 79.9. The third-order valence-electron chi connectivity index (χ3n) is 5.92. The molecule has 0 aromatic heterocycles. The molecular formula is C19H23BrFNO2. The molecule has 0 spiro atoms. The van der Waals surface area contributed by atoms with Crippen molar-refractivity contribution >= 4 is 21.8 Å². The van der Waals surface area contributed by atoms with Gasteiger partial charge in [0.15, 0.2) is 0 Å². The number of carbonyl (C=O) groups is 1. The zero-order valence-corrected chi connectivity index (χ0v) is 15.3. The van der Waals surface area contributed by atoms with Gasteiger partial charge >= 0.3 is 0 Å². The maximum Gasteiger partial charge on any atom is 0.226 e. The Labute approximate surface area is 150 Å². The minimum atomic E-state index is -0.312. The van der Waals surface area contributed by atoms with Crippen LogP contribution >= 0.6 is 15.9 Å². The van der Waals surface area contributed by atoms with Crippen LogP contribution in [0.1, 0.15) is 38.5 Å². The molecule has 130 valence electrons. The Balaban J connectivity index is 1.32. The summed E-state index contributed by atoms with van der Waals surface area (Å²) in [5.41, 5.74) is -0.188. The molecule has 0 saturated heterocycles. The summed E-state index contributed by atoms with van der Waals surface area (Å²) in [5.74, 6) is 1.76. The van der Waals surface area contributed by atoms with Crippen molar-refractivity contribution in [1.29, 1.82) is 0 Å². The van der Waals surface area contributed by atoms with E-state index in [9.17, 15) is 9.18 Å². The molecule has 24 heavy (non-hydrogen) atoms. The molecule has 1 aromatic carbocycles. The Morgan fingerprint density at radius 1 is 1.29 bits per heavy atom. The standard InChI is InChI=1S/C19H23BrFNO2/c20-19-10-13-6-14(11-19)9-18(8-13,12-19)17(23)22-4-5-24-16-3-1-2-15(21)7-16/h1-3,7,13-14H,4-6,8-12H2,(H,22,23). The first-order valence-electron chi connectivity index (χ1n) is 8.82. The number of carbonyl (C=O) groups excluding carboxylic acids is 1. The molecule has 2 unspecified atom stereocenters. The molecule has 4 bridgehead atoms. The molecule has 0 aliphatic heterocycles. The summed E-state index contributed by atoms with van der Waals surface area (Å²) in [5, 5.41) is 3.06. The van der Waals surface area contributed by atoms with Gasteiger partial charge in [-0.25, -0.2) is 4.39 Å². The summed E-state index contributed by atoms with van der Waals surface area (Å²) >= 11 is 3.94. The second kappa shape index (κ2) is 6.01. The number of halogens is 2. The van der Waals surface area contributed by atoms with E-state index in [2.05, 4.69) is 21.2 Å². The second-order valence-electron chi connectivity index (χ2n) is 7.95. The Morgan fingerprint density at radius 2 is 2.04 bits per heavy atom. The van der Waals surface area contributed by atoms with E-state index >= 15 is 0 Å². The van der Waals surface area contributed by atoms with Crippen LogP contribution in [0.5, 0.6) is 5.75 Å². The van der Waals surface area contributed by atoms with E-state index in [-0.39, 0.29) is 21.5 Å². The van der Waals surface area contributed by atoms with Crippen molar-refractivity contribution in [3.63, 3.8) is 0 Å². The zero-order chi connectivity index (χ0) is 16.8. The predicted octanol–water partition coefficient (Wildman–Crippen LogP) is 4.05. The molecule has 5 heteroatoms. The highest BCUT2D eigenvalue weighted by Crippen LogP contribution is 2.64. The van der Waals surface area contributed by atoms with Crippen molar-refractivity contribution in [3.05, 3.63) is 30.1 Å². The Morgan fingerprint density at radius 3 is 2.71 bits per heavy atom. The number of ether oxygens (including phenoxy) is 1. The number of rotatable bonds is 5. The number of benzene rings is 1. The van der Waals surface area contributed by atoms with E-state index in [4.69, 9.17) is 4.74 Å². The third kappa shape index (κ3) is 3.07. The van der Waals surface area contributed by atoms with Crippen molar-refractivity contribution in [2.24, 2.45) is 17.3 Å².